The Labute approximate surface area is 94.0 Å². The van der Waals surface area contributed by atoms with Crippen molar-refractivity contribution in [3.05, 3.63) is 23.2 Å². The molecule has 0 spiro atoms. The Morgan fingerprint density at radius 1 is 0.867 bits per heavy atom. The van der Waals surface area contributed by atoms with Crippen LogP contribution in [0.4, 0.5) is 11.9 Å². The Morgan fingerprint density at radius 3 is 2.07 bits per heavy atom. The van der Waals surface area contributed by atoms with E-state index < -0.39 is 0 Å². The summed E-state index contributed by atoms with van der Waals surface area (Å²) in [5, 5.41) is 2.68. The lowest BCUT2D eigenvalue weighted by molar-refractivity contribution is 1.01. The molecular formula is C6H3Cl2N7. The molecule has 1 N–H and O–H groups in total. The SMILES string of the molecule is Clc1nc(Cl)nc(Nc2ncncn2)n1. The molecule has 0 aliphatic rings. The molecule has 9 heteroatoms. The Hall–Kier alpha value is -1.60. The van der Waals surface area contributed by atoms with Crippen LogP contribution in [0.2, 0.25) is 10.6 Å². The van der Waals surface area contributed by atoms with Crippen molar-refractivity contribution < 1.29 is 0 Å². The van der Waals surface area contributed by atoms with Crippen LogP contribution in [-0.2, 0) is 0 Å². The number of rotatable bonds is 2. The van der Waals surface area contributed by atoms with Gasteiger partial charge in [-0.25, -0.2) is 15.0 Å². The summed E-state index contributed by atoms with van der Waals surface area (Å²) in [5.41, 5.74) is 0. The van der Waals surface area contributed by atoms with Gasteiger partial charge in [0.2, 0.25) is 22.5 Å². The van der Waals surface area contributed by atoms with E-state index in [0.717, 1.165) is 0 Å². The second-order valence-corrected chi connectivity index (χ2v) is 2.96. The summed E-state index contributed by atoms with van der Waals surface area (Å²) >= 11 is 11.2. The molecule has 15 heavy (non-hydrogen) atoms. The lowest BCUT2D eigenvalue weighted by Gasteiger charge is -2.01. The molecule has 2 aromatic heterocycles. The van der Waals surface area contributed by atoms with Gasteiger partial charge in [0.1, 0.15) is 12.7 Å². The van der Waals surface area contributed by atoms with Gasteiger partial charge in [0.25, 0.3) is 0 Å². The zero-order chi connectivity index (χ0) is 10.7. The van der Waals surface area contributed by atoms with Crippen LogP contribution >= 0.6 is 23.2 Å². The lowest BCUT2D eigenvalue weighted by Crippen LogP contribution is -2.02. The largest absolute Gasteiger partial charge is 0.292 e. The van der Waals surface area contributed by atoms with E-state index in [2.05, 4.69) is 35.2 Å². The summed E-state index contributed by atoms with van der Waals surface area (Å²) in [5.74, 6) is 0.467. The molecule has 0 atom stereocenters. The predicted octanol–water partition coefficient (Wildman–Crippen LogP) is 1.11. The van der Waals surface area contributed by atoms with Crippen LogP contribution in [0, 0.1) is 0 Å². The normalized spacial score (nSPS) is 10.0. The van der Waals surface area contributed by atoms with E-state index in [1.807, 2.05) is 0 Å². The van der Waals surface area contributed by atoms with E-state index in [-0.39, 0.29) is 16.5 Å². The van der Waals surface area contributed by atoms with Crippen LogP contribution < -0.4 is 5.32 Å². The number of hydrogen-bond acceptors (Lipinski definition) is 7. The molecule has 0 bridgehead atoms. The van der Waals surface area contributed by atoms with Crippen LogP contribution in [0.1, 0.15) is 0 Å². The highest BCUT2D eigenvalue weighted by molar-refractivity contribution is 6.31. The molecule has 0 aliphatic heterocycles. The van der Waals surface area contributed by atoms with Gasteiger partial charge in [-0.1, -0.05) is 0 Å². The summed E-state index contributed by atoms with van der Waals surface area (Å²) in [6, 6.07) is 0. The highest BCUT2D eigenvalue weighted by atomic mass is 35.5. The highest BCUT2D eigenvalue weighted by Crippen LogP contribution is 2.11. The van der Waals surface area contributed by atoms with Gasteiger partial charge in [-0.15, -0.1) is 0 Å². The molecule has 7 nitrogen and oxygen atoms in total. The molecule has 0 aliphatic carbocycles. The molecule has 0 saturated heterocycles. The number of nitrogens with zero attached hydrogens (tertiary/aromatic N) is 6. The third-order valence-corrected chi connectivity index (χ3v) is 1.64. The van der Waals surface area contributed by atoms with Crippen molar-refractivity contribution in [2.75, 3.05) is 5.32 Å². The van der Waals surface area contributed by atoms with Gasteiger partial charge in [0.05, 0.1) is 0 Å². The van der Waals surface area contributed by atoms with Gasteiger partial charge in [0, 0.05) is 0 Å². The first-order valence-electron chi connectivity index (χ1n) is 3.70. The Bertz CT molecular complexity index is 442. The third-order valence-electron chi connectivity index (χ3n) is 1.30. The minimum atomic E-state index is -0.00782. The quantitative estimate of drug-likeness (QED) is 0.845. The number of halogens is 2. The summed E-state index contributed by atoms with van der Waals surface area (Å²) < 4.78 is 0. The number of anilines is 2. The van der Waals surface area contributed by atoms with Crippen LogP contribution in [0.3, 0.4) is 0 Å². The van der Waals surface area contributed by atoms with Crippen molar-refractivity contribution in [3.63, 3.8) is 0 Å². The second kappa shape index (κ2) is 4.28. The van der Waals surface area contributed by atoms with Crippen LogP contribution in [-0.4, -0.2) is 29.9 Å². The standard InChI is InChI=1S/C6H3Cl2N7/c7-3-12-4(8)14-6(13-3)15-5-10-1-9-2-11-5/h1-2H,(H,9,10,11,12,13,14,15). The molecular weight excluding hydrogens is 241 g/mol. The van der Waals surface area contributed by atoms with Crippen molar-refractivity contribution in [2.45, 2.75) is 0 Å². The van der Waals surface area contributed by atoms with E-state index in [1.54, 1.807) is 0 Å². The summed E-state index contributed by atoms with van der Waals surface area (Å²) in [7, 11) is 0. The molecule has 2 heterocycles. The molecule has 0 fully saturated rings. The summed E-state index contributed by atoms with van der Waals surface area (Å²) in [6.07, 6.45) is 2.67. The first kappa shape index (κ1) is 9.94. The molecule has 0 aromatic carbocycles. The van der Waals surface area contributed by atoms with Gasteiger partial charge >= 0.3 is 0 Å². The topological polar surface area (TPSA) is 89.4 Å². The lowest BCUT2D eigenvalue weighted by atomic mass is 10.8. The molecule has 76 valence electrons. The maximum Gasteiger partial charge on any atom is 0.235 e. The van der Waals surface area contributed by atoms with Crippen LogP contribution in [0.5, 0.6) is 0 Å². The number of aromatic nitrogens is 6. The fourth-order valence-corrected chi connectivity index (χ4v) is 1.15. The monoisotopic (exact) mass is 243 g/mol. The molecule has 0 amide bonds. The molecule has 0 unspecified atom stereocenters. The third kappa shape index (κ3) is 2.67. The van der Waals surface area contributed by atoms with Crippen LogP contribution in [0.25, 0.3) is 0 Å². The van der Waals surface area contributed by atoms with Gasteiger partial charge in [-0.05, 0) is 23.2 Å². The Balaban J connectivity index is 2.25. The van der Waals surface area contributed by atoms with E-state index >= 15 is 0 Å². The maximum absolute atomic E-state index is 5.58. The first-order valence-corrected chi connectivity index (χ1v) is 4.46. The van der Waals surface area contributed by atoms with Crippen molar-refractivity contribution >= 4 is 35.1 Å². The Kier molecular flexibility index (Phi) is 2.84. The van der Waals surface area contributed by atoms with Gasteiger partial charge in [0.15, 0.2) is 0 Å². The highest BCUT2D eigenvalue weighted by Gasteiger charge is 2.04. The molecule has 2 rings (SSSR count). The first-order chi connectivity index (χ1) is 7.24. The molecule has 2 aromatic rings. The van der Waals surface area contributed by atoms with E-state index in [9.17, 15) is 0 Å². The van der Waals surface area contributed by atoms with E-state index in [4.69, 9.17) is 23.2 Å². The fourth-order valence-electron chi connectivity index (χ4n) is 0.786. The maximum atomic E-state index is 5.58. The zero-order valence-electron chi connectivity index (χ0n) is 7.09. The van der Waals surface area contributed by atoms with E-state index in [1.165, 1.54) is 12.7 Å². The van der Waals surface area contributed by atoms with Crippen molar-refractivity contribution in [1.29, 1.82) is 0 Å². The minimum Gasteiger partial charge on any atom is -0.292 e. The number of nitrogens with one attached hydrogen (secondary N) is 1. The average Bonchev–Trinajstić information content (AvgIpc) is 2.17. The van der Waals surface area contributed by atoms with Crippen molar-refractivity contribution in [1.82, 2.24) is 29.9 Å². The second-order valence-electron chi connectivity index (χ2n) is 2.28. The van der Waals surface area contributed by atoms with Crippen LogP contribution in [0.15, 0.2) is 12.7 Å². The number of hydrogen-bond donors (Lipinski definition) is 1. The smallest absolute Gasteiger partial charge is 0.235 e. The van der Waals surface area contributed by atoms with Crippen molar-refractivity contribution in [2.24, 2.45) is 0 Å². The van der Waals surface area contributed by atoms with Gasteiger partial charge < -0.3 is 0 Å². The predicted molar refractivity (Wildman–Crippen MR) is 53.0 cm³/mol. The van der Waals surface area contributed by atoms with Crippen molar-refractivity contribution in [3.8, 4) is 0 Å². The van der Waals surface area contributed by atoms with E-state index in [0.29, 0.717) is 5.95 Å². The molecule has 0 radical (unpaired) electrons. The summed E-state index contributed by atoms with van der Waals surface area (Å²) in [4.78, 5) is 22.4. The van der Waals surface area contributed by atoms with Gasteiger partial charge in [-0.3, -0.25) is 5.32 Å². The Morgan fingerprint density at radius 2 is 1.47 bits per heavy atom. The average molecular weight is 244 g/mol. The minimum absolute atomic E-state index is 0.00782. The fraction of sp³-hybridized carbons (Fsp3) is 0. The van der Waals surface area contributed by atoms with Gasteiger partial charge in [-0.2, -0.15) is 15.0 Å². The summed E-state index contributed by atoms with van der Waals surface area (Å²) in [6.45, 7) is 0. The zero-order valence-corrected chi connectivity index (χ0v) is 8.61. The molecule has 0 saturated carbocycles.